The summed E-state index contributed by atoms with van der Waals surface area (Å²) in [7, 11) is 0. The molecule has 3 nitrogen and oxygen atoms in total. The number of nitrogens with two attached hydrogens (primary N) is 1. The third-order valence-corrected chi connectivity index (χ3v) is 3.84. The number of hydrogen-bond acceptors (Lipinski definition) is 3. The van der Waals surface area contributed by atoms with Gasteiger partial charge in [-0.2, -0.15) is 0 Å². The molecule has 0 aromatic carbocycles. The molecule has 2 aliphatic heterocycles. The third kappa shape index (κ3) is 4.56. The fourth-order valence-corrected chi connectivity index (χ4v) is 3.04. The highest BCUT2D eigenvalue weighted by Crippen LogP contribution is 2.23. The van der Waals surface area contributed by atoms with Crippen molar-refractivity contribution in [1.82, 2.24) is 9.80 Å². The van der Waals surface area contributed by atoms with Gasteiger partial charge in [0.1, 0.15) is 0 Å². The molecule has 17 heavy (non-hydrogen) atoms. The molecule has 0 spiro atoms. The number of nitrogens with zero attached hydrogens (tertiary/aromatic N) is 2. The Balaban J connectivity index is 0.00000128. The Morgan fingerprint density at radius 2 is 1.94 bits per heavy atom. The maximum absolute atomic E-state index is 5.90. The monoisotopic (exact) mass is 283 g/mol. The molecule has 2 fully saturated rings. The third-order valence-electron chi connectivity index (χ3n) is 3.84. The molecule has 2 rings (SSSR count). The predicted molar refractivity (Wildman–Crippen MR) is 78.4 cm³/mol. The van der Waals surface area contributed by atoms with Gasteiger partial charge in [-0.1, -0.05) is 6.42 Å². The summed E-state index contributed by atoms with van der Waals surface area (Å²) in [5.74, 6) is 0. The summed E-state index contributed by atoms with van der Waals surface area (Å²) in [4.78, 5) is 5.27. The quantitative estimate of drug-likeness (QED) is 0.838. The van der Waals surface area contributed by atoms with E-state index in [0.717, 1.165) is 12.6 Å². The van der Waals surface area contributed by atoms with E-state index in [2.05, 4.69) is 23.6 Å². The van der Waals surface area contributed by atoms with E-state index >= 15 is 0 Å². The van der Waals surface area contributed by atoms with Gasteiger partial charge in [0.25, 0.3) is 0 Å². The lowest BCUT2D eigenvalue weighted by atomic mass is 9.97. The van der Waals surface area contributed by atoms with Crippen LogP contribution in [0.3, 0.4) is 0 Å². The molecule has 0 amide bonds. The van der Waals surface area contributed by atoms with Crippen LogP contribution < -0.4 is 5.73 Å². The Hall–Kier alpha value is 0.460. The average Bonchev–Trinajstić information content (AvgIpc) is 2.18. The van der Waals surface area contributed by atoms with Crippen LogP contribution in [0, 0.1) is 0 Å². The molecule has 2 saturated heterocycles. The molecule has 2 N–H and O–H groups in total. The second kappa shape index (κ2) is 7.80. The first kappa shape index (κ1) is 17.5. The van der Waals surface area contributed by atoms with Gasteiger partial charge in [0.15, 0.2) is 0 Å². The highest BCUT2D eigenvalue weighted by molar-refractivity contribution is 5.85. The van der Waals surface area contributed by atoms with E-state index in [1.54, 1.807) is 0 Å². The summed E-state index contributed by atoms with van der Waals surface area (Å²) in [6.07, 6.45) is 4.21. The molecule has 0 bridgehead atoms. The van der Waals surface area contributed by atoms with E-state index in [1.807, 2.05) is 0 Å². The molecule has 5 heteroatoms. The van der Waals surface area contributed by atoms with Crippen LogP contribution in [-0.2, 0) is 0 Å². The van der Waals surface area contributed by atoms with Gasteiger partial charge in [0, 0.05) is 37.8 Å². The molecule has 0 aromatic heterocycles. The molecule has 0 aromatic rings. The molecular weight excluding hydrogens is 257 g/mol. The smallest absolute Gasteiger partial charge is 0.0223 e. The Morgan fingerprint density at radius 3 is 2.59 bits per heavy atom. The molecule has 0 radical (unpaired) electrons. The standard InChI is InChI=1S/C12H25N3.2ClH/c1-10(13)7-15-9-12-5-3-4-6-14(12)8-11(15)2;;/h10-12H,3-9,13H2,1-2H3;2*1H. The second-order valence-corrected chi connectivity index (χ2v) is 5.42. The molecule has 2 aliphatic rings. The normalized spacial score (nSPS) is 31.9. The van der Waals surface area contributed by atoms with Crippen LogP contribution in [-0.4, -0.2) is 54.1 Å². The Labute approximate surface area is 118 Å². The Kier molecular flexibility index (Phi) is 8.01. The van der Waals surface area contributed by atoms with Crippen molar-refractivity contribution in [1.29, 1.82) is 0 Å². The summed E-state index contributed by atoms with van der Waals surface area (Å²) in [6.45, 7) is 9.32. The fourth-order valence-electron chi connectivity index (χ4n) is 3.04. The molecule has 104 valence electrons. The first-order valence-corrected chi connectivity index (χ1v) is 6.40. The highest BCUT2D eigenvalue weighted by Gasteiger charge is 2.32. The molecule has 3 unspecified atom stereocenters. The molecule has 3 atom stereocenters. The largest absolute Gasteiger partial charge is 0.327 e. The van der Waals surface area contributed by atoms with Crippen molar-refractivity contribution in [3.63, 3.8) is 0 Å². The van der Waals surface area contributed by atoms with E-state index in [0.29, 0.717) is 12.1 Å². The zero-order chi connectivity index (χ0) is 10.8. The first-order valence-electron chi connectivity index (χ1n) is 6.40. The van der Waals surface area contributed by atoms with Gasteiger partial charge in [-0.25, -0.2) is 0 Å². The Bertz CT molecular complexity index is 214. The van der Waals surface area contributed by atoms with Crippen LogP contribution >= 0.6 is 24.8 Å². The summed E-state index contributed by atoms with van der Waals surface area (Å²) in [5, 5.41) is 0. The van der Waals surface area contributed by atoms with Gasteiger partial charge in [-0.05, 0) is 33.2 Å². The van der Waals surface area contributed by atoms with Gasteiger partial charge < -0.3 is 5.73 Å². The summed E-state index contributed by atoms with van der Waals surface area (Å²) >= 11 is 0. The van der Waals surface area contributed by atoms with E-state index < -0.39 is 0 Å². The highest BCUT2D eigenvalue weighted by atomic mass is 35.5. The van der Waals surface area contributed by atoms with Gasteiger partial charge in [-0.3, -0.25) is 9.80 Å². The lowest BCUT2D eigenvalue weighted by molar-refractivity contribution is 0.0134. The minimum absolute atomic E-state index is 0. The van der Waals surface area contributed by atoms with Crippen LogP contribution in [0.15, 0.2) is 0 Å². The van der Waals surface area contributed by atoms with Crippen LogP contribution in [0.4, 0.5) is 0 Å². The molecule has 0 saturated carbocycles. The van der Waals surface area contributed by atoms with Gasteiger partial charge in [0.2, 0.25) is 0 Å². The lowest BCUT2D eigenvalue weighted by Crippen LogP contribution is -2.60. The van der Waals surface area contributed by atoms with Gasteiger partial charge in [0.05, 0.1) is 0 Å². The van der Waals surface area contributed by atoms with Crippen LogP contribution in [0.2, 0.25) is 0 Å². The van der Waals surface area contributed by atoms with E-state index in [1.165, 1.54) is 38.9 Å². The van der Waals surface area contributed by atoms with Gasteiger partial charge >= 0.3 is 0 Å². The van der Waals surface area contributed by atoms with Crippen molar-refractivity contribution >= 4 is 24.8 Å². The number of halogens is 2. The first-order chi connectivity index (χ1) is 7.16. The van der Waals surface area contributed by atoms with E-state index in [9.17, 15) is 0 Å². The van der Waals surface area contributed by atoms with Crippen molar-refractivity contribution in [3.05, 3.63) is 0 Å². The Morgan fingerprint density at radius 1 is 1.24 bits per heavy atom. The van der Waals surface area contributed by atoms with Gasteiger partial charge in [-0.15, -0.1) is 24.8 Å². The average molecular weight is 284 g/mol. The molecule has 2 heterocycles. The maximum Gasteiger partial charge on any atom is 0.0223 e. The van der Waals surface area contributed by atoms with Crippen molar-refractivity contribution in [2.24, 2.45) is 5.73 Å². The number of hydrogen-bond donors (Lipinski definition) is 1. The number of fused-ring (bicyclic) bond motifs is 1. The number of piperidine rings is 1. The summed E-state index contributed by atoms with van der Waals surface area (Å²) in [5.41, 5.74) is 5.90. The van der Waals surface area contributed by atoms with Crippen molar-refractivity contribution < 1.29 is 0 Å². The SMILES string of the molecule is CC(N)CN1CC2CCCCN2CC1C.Cl.Cl. The number of rotatable bonds is 2. The zero-order valence-electron chi connectivity index (χ0n) is 11.0. The van der Waals surface area contributed by atoms with Crippen LogP contribution in [0.1, 0.15) is 33.1 Å². The minimum atomic E-state index is 0. The zero-order valence-corrected chi connectivity index (χ0v) is 12.6. The van der Waals surface area contributed by atoms with Crippen molar-refractivity contribution in [2.45, 2.75) is 51.2 Å². The fraction of sp³-hybridized carbons (Fsp3) is 1.00. The molecular formula is C12H27Cl2N3. The summed E-state index contributed by atoms with van der Waals surface area (Å²) < 4.78 is 0. The van der Waals surface area contributed by atoms with Crippen LogP contribution in [0.25, 0.3) is 0 Å². The predicted octanol–water partition coefficient (Wildman–Crippen LogP) is 1.74. The molecule has 0 aliphatic carbocycles. The number of piperazine rings is 1. The lowest BCUT2D eigenvalue weighted by Gasteiger charge is -2.48. The van der Waals surface area contributed by atoms with E-state index in [-0.39, 0.29) is 24.8 Å². The second-order valence-electron chi connectivity index (χ2n) is 5.42. The van der Waals surface area contributed by atoms with Crippen LogP contribution in [0.5, 0.6) is 0 Å². The van der Waals surface area contributed by atoms with Crippen molar-refractivity contribution in [3.8, 4) is 0 Å². The maximum atomic E-state index is 5.90. The topological polar surface area (TPSA) is 32.5 Å². The van der Waals surface area contributed by atoms with Crippen molar-refractivity contribution in [2.75, 3.05) is 26.2 Å². The summed E-state index contributed by atoms with van der Waals surface area (Å²) in [6, 6.07) is 1.81. The minimum Gasteiger partial charge on any atom is -0.327 e. The van der Waals surface area contributed by atoms with E-state index in [4.69, 9.17) is 5.73 Å².